The van der Waals surface area contributed by atoms with Gasteiger partial charge in [0, 0.05) is 29.4 Å². The second kappa shape index (κ2) is 10.1. The van der Waals surface area contributed by atoms with Gasteiger partial charge in [0.2, 0.25) is 0 Å². The van der Waals surface area contributed by atoms with Crippen LogP contribution in [0.1, 0.15) is 44.4 Å². The highest BCUT2D eigenvalue weighted by atomic mass is 79.9. The summed E-state index contributed by atoms with van der Waals surface area (Å²) in [6.45, 7) is 6.92. The van der Waals surface area contributed by atoms with E-state index in [-0.39, 0.29) is 34.0 Å². The molecule has 1 aromatic heterocycles. The molecule has 1 aliphatic carbocycles. The average Bonchev–Trinajstić information content (AvgIpc) is 2.38. The van der Waals surface area contributed by atoms with Gasteiger partial charge in [-0.05, 0) is 50.4 Å². The number of nitrogens with zero attached hydrogens (tertiary/aromatic N) is 2. The van der Waals surface area contributed by atoms with E-state index in [1.807, 2.05) is 12.3 Å². The quantitative estimate of drug-likeness (QED) is 0.665. The normalized spacial score (nSPS) is 17.1. The third-order valence-electron chi connectivity index (χ3n) is 3.78. The fourth-order valence-electron chi connectivity index (χ4n) is 2.95. The summed E-state index contributed by atoms with van der Waals surface area (Å²) in [5, 5.41) is 0.899. The maximum atomic E-state index is 6.24. The lowest BCUT2D eigenvalue weighted by molar-refractivity contribution is 0.178. The molecule has 0 spiro atoms. The minimum Gasteiger partial charge on any atom is -0.300 e. The minimum absolute atomic E-state index is 0. The number of fused-ring (bicyclic) bond motifs is 1. The lowest BCUT2D eigenvalue weighted by Crippen LogP contribution is -2.40. The predicted octanol–water partition coefficient (Wildman–Crippen LogP) is 4.87. The van der Waals surface area contributed by atoms with Gasteiger partial charge in [0.25, 0.3) is 0 Å². The lowest BCUT2D eigenvalue weighted by atomic mass is 9.90. The van der Waals surface area contributed by atoms with Gasteiger partial charge in [-0.2, -0.15) is 0 Å². The van der Waals surface area contributed by atoms with Crippen molar-refractivity contribution >= 4 is 45.6 Å². The van der Waals surface area contributed by atoms with Gasteiger partial charge in [-0.1, -0.05) is 25.4 Å². The van der Waals surface area contributed by atoms with E-state index in [2.05, 4.69) is 23.7 Å². The van der Waals surface area contributed by atoms with Crippen LogP contribution in [-0.2, 0) is 12.8 Å². The summed E-state index contributed by atoms with van der Waals surface area (Å²) in [7, 11) is 0. The van der Waals surface area contributed by atoms with Crippen molar-refractivity contribution in [3.8, 4) is 0 Å². The third-order valence-corrected chi connectivity index (χ3v) is 4.14. The number of hydrogen-bond donors (Lipinski definition) is 0. The first-order valence-electron chi connectivity index (χ1n) is 7.12. The monoisotopic (exact) mass is 426 g/mol. The van der Waals surface area contributed by atoms with Crippen molar-refractivity contribution in [2.24, 2.45) is 0 Å². The van der Waals surface area contributed by atoms with Gasteiger partial charge < -0.3 is 4.90 Å². The fraction of sp³-hybridized carbons (Fsp3) is 0.667. The summed E-state index contributed by atoms with van der Waals surface area (Å²) in [5.41, 5.74) is 2.50. The molecule has 0 amide bonds. The highest BCUT2D eigenvalue weighted by molar-refractivity contribution is 8.93. The molecular weight excluding hydrogens is 403 g/mol. The van der Waals surface area contributed by atoms with Crippen molar-refractivity contribution < 1.29 is 0 Å². The van der Waals surface area contributed by atoms with Crippen molar-refractivity contribution in [3.05, 3.63) is 28.5 Å². The van der Waals surface area contributed by atoms with Gasteiger partial charge in [0.15, 0.2) is 0 Å². The third kappa shape index (κ3) is 4.97. The first kappa shape index (κ1) is 20.4. The molecule has 20 heavy (non-hydrogen) atoms. The van der Waals surface area contributed by atoms with Crippen LogP contribution in [0.5, 0.6) is 0 Å². The van der Waals surface area contributed by atoms with Gasteiger partial charge in [-0.3, -0.25) is 4.98 Å². The van der Waals surface area contributed by atoms with Crippen LogP contribution < -0.4 is 0 Å². The van der Waals surface area contributed by atoms with E-state index in [4.69, 9.17) is 11.6 Å². The average molecular weight is 429 g/mol. The van der Waals surface area contributed by atoms with E-state index in [0.717, 1.165) is 17.9 Å². The zero-order valence-corrected chi connectivity index (χ0v) is 16.5. The smallest absolute Gasteiger partial charge is 0.0471 e. The molecule has 1 heterocycles. The second-order valence-electron chi connectivity index (χ2n) is 5.15. The van der Waals surface area contributed by atoms with E-state index < -0.39 is 0 Å². The molecule has 1 unspecified atom stereocenters. The highest BCUT2D eigenvalue weighted by Crippen LogP contribution is 2.28. The summed E-state index contributed by atoms with van der Waals surface area (Å²) >= 11 is 6.24. The van der Waals surface area contributed by atoms with E-state index in [9.17, 15) is 0 Å². The molecule has 0 bridgehead atoms. The van der Waals surface area contributed by atoms with Crippen molar-refractivity contribution in [1.29, 1.82) is 0 Å². The SMILES string of the molecule is Br.Br.CCCN(CCC)C1CCc2c(Cl)ccnc2C1. The first-order chi connectivity index (χ1) is 8.76. The molecule has 116 valence electrons. The molecule has 0 saturated carbocycles. The first-order valence-corrected chi connectivity index (χ1v) is 7.50. The van der Waals surface area contributed by atoms with Crippen LogP contribution >= 0.6 is 45.6 Å². The Hall–Kier alpha value is 0.360. The Kier molecular flexibility index (Phi) is 10.3. The minimum atomic E-state index is 0. The molecule has 1 atom stereocenters. The topological polar surface area (TPSA) is 16.1 Å². The molecule has 0 saturated heterocycles. The second-order valence-corrected chi connectivity index (χ2v) is 5.56. The van der Waals surface area contributed by atoms with Crippen LogP contribution in [0.4, 0.5) is 0 Å². The van der Waals surface area contributed by atoms with Crippen molar-refractivity contribution in [2.45, 2.75) is 52.0 Å². The lowest BCUT2D eigenvalue weighted by Gasteiger charge is -2.34. The van der Waals surface area contributed by atoms with E-state index in [1.54, 1.807) is 0 Å². The molecule has 0 N–H and O–H groups in total. The van der Waals surface area contributed by atoms with Crippen LogP contribution in [0.3, 0.4) is 0 Å². The van der Waals surface area contributed by atoms with Crippen LogP contribution in [0.2, 0.25) is 5.02 Å². The Morgan fingerprint density at radius 2 is 1.90 bits per heavy atom. The molecule has 0 aliphatic heterocycles. The van der Waals surface area contributed by atoms with Crippen molar-refractivity contribution in [1.82, 2.24) is 9.88 Å². The van der Waals surface area contributed by atoms with Crippen LogP contribution in [0, 0.1) is 0 Å². The molecule has 0 fully saturated rings. The van der Waals surface area contributed by atoms with Gasteiger partial charge in [-0.25, -0.2) is 0 Å². The Morgan fingerprint density at radius 3 is 2.50 bits per heavy atom. The van der Waals surface area contributed by atoms with Gasteiger partial charge in [-0.15, -0.1) is 34.0 Å². The number of rotatable bonds is 5. The molecule has 2 rings (SSSR count). The van der Waals surface area contributed by atoms with Crippen LogP contribution in [0.15, 0.2) is 12.3 Å². The van der Waals surface area contributed by atoms with E-state index in [0.29, 0.717) is 6.04 Å². The maximum Gasteiger partial charge on any atom is 0.0471 e. The highest BCUT2D eigenvalue weighted by Gasteiger charge is 2.25. The summed E-state index contributed by atoms with van der Waals surface area (Å²) in [6.07, 6.45) is 7.66. The molecule has 0 aromatic carbocycles. The van der Waals surface area contributed by atoms with E-state index in [1.165, 1.54) is 43.6 Å². The number of pyridine rings is 1. The summed E-state index contributed by atoms with van der Waals surface area (Å²) in [5.74, 6) is 0. The molecule has 1 aromatic rings. The number of halogens is 3. The molecule has 0 radical (unpaired) electrons. The molecule has 1 aliphatic rings. The van der Waals surface area contributed by atoms with Crippen molar-refractivity contribution in [2.75, 3.05) is 13.1 Å². The zero-order valence-electron chi connectivity index (χ0n) is 12.3. The summed E-state index contributed by atoms with van der Waals surface area (Å²) in [6, 6.07) is 2.57. The van der Waals surface area contributed by atoms with Crippen molar-refractivity contribution in [3.63, 3.8) is 0 Å². The predicted molar refractivity (Wildman–Crippen MR) is 97.9 cm³/mol. The Balaban J connectivity index is 0.00000180. The largest absolute Gasteiger partial charge is 0.300 e. The zero-order chi connectivity index (χ0) is 13.0. The van der Waals surface area contributed by atoms with Gasteiger partial charge >= 0.3 is 0 Å². The maximum absolute atomic E-state index is 6.24. The van der Waals surface area contributed by atoms with E-state index >= 15 is 0 Å². The van der Waals surface area contributed by atoms with Crippen LogP contribution in [0.25, 0.3) is 0 Å². The number of aromatic nitrogens is 1. The fourth-order valence-corrected chi connectivity index (χ4v) is 3.21. The molecule has 5 heteroatoms. The standard InChI is InChI=1S/C15H23ClN2.2BrH/c1-3-9-18(10-4-2)12-5-6-13-14(16)7-8-17-15(13)11-12;;/h7-8,12H,3-6,9-11H2,1-2H3;2*1H. The number of hydrogen-bond acceptors (Lipinski definition) is 2. The summed E-state index contributed by atoms with van der Waals surface area (Å²) < 4.78 is 0. The Labute approximate surface area is 148 Å². The molecular formula is C15H25Br2ClN2. The summed E-state index contributed by atoms with van der Waals surface area (Å²) in [4.78, 5) is 7.15. The van der Waals surface area contributed by atoms with Gasteiger partial charge in [0.1, 0.15) is 0 Å². The van der Waals surface area contributed by atoms with Crippen LogP contribution in [-0.4, -0.2) is 29.0 Å². The molecule has 2 nitrogen and oxygen atoms in total. The Morgan fingerprint density at radius 1 is 1.25 bits per heavy atom. The Bertz CT molecular complexity index is 395. The van der Waals surface area contributed by atoms with Gasteiger partial charge in [0.05, 0.1) is 0 Å².